The van der Waals surface area contributed by atoms with Crippen molar-refractivity contribution in [2.45, 2.75) is 26.3 Å². The van der Waals surface area contributed by atoms with Gasteiger partial charge in [0.05, 0.1) is 5.92 Å². The van der Waals surface area contributed by atoms with Crippen molar-refractivity contribution in [1.29, 1.82) is 0 Å². The van der Waals surface area contributed by atoms with E-state index in [-0.39, 0.29) is 17.7 Å². The monoisotopic (exact) mass is 366 g/mol. The van der Waals surface area contributed by atoms with Crippen LogP contribution in [-0.2, 0) is 16.1 Å². The number of ether oxygens (including phenoxy) is 1. The molecule has 0 saturated carbocycles. The van der Waals surface area contributed by atoms with Crippen LogP contribution in [0.5, 0.6) is 11.5 Å². The van der Waals surface area contributed by atoms with E-state index in [4.69, 9.17) is 4.74 Å². The lowest BCUT2D eigenvalue weighted by molar-refractivity contribution is -0.142. The van der Waals surface area contributed by atoms with Gasteiger partial charge in [0.15, 0.2) is 0 Å². The zero-order chi connectivity index (χ0) is 19.2. The van der Waals surface area contributed by atoms with E-state index in [1.807, 2.05) is 68.6 Å². The molecule has 3 rings (SSSR count). The topological polar surface area (TPSA) is 49.9 Å². The van der Waals surface area contributed by atoms with Crippen LogP contribution in [0.3, 0.4) is 0 Å². The van der Waals surface area contributed by atoms with Gasteiger partial charge < -0.3 is 14.5 Å². The quantitative estimate of drug-likeness (QED) is 0.783. The SMILES string of the molecule is CCN1C[C@@H](C(=O)N(C)Cc2ccc(Oc3ccccc3)cc2)CCC1=O. The summed E-state index contributed by atoms with van der Waals surface area (Å²) in [4.78, 5) is 28.1. The molecule has 0 bridgehead atoms. The Morgan fingerprint density at radius 1 is 1.11 bits per heavy atom. The Morgan fingerprint density at radius 3 is 2.44 bits per heavy atom. The van der Waals surface area contributed by atoms with Gasteiger partial charge in [0.2, 0.25) is 11.8 Å². The summed E-state index contributed by atoms with van der Waals surface area (Å²) in [5, 5.41) is 0. The van der Waals surface area contributed by atoms with E-state index in [1.54, 1.807) is 9.80 Å². The number of likely N-dealkylation sites (tertiary alicyclic amines) is 1. The third-order valence-electron chi connectivity index (χ3n) is 4.93. The van der Waals surface area contributed by atoms with E-state index in [2.05, 4.69) is 0 Å². The molecule has 0 radical (unpaired) electrons. The van der Waals surface area contributed by atoms with Crippen molar-refractivity contribution in [3.63, 3.8) is 0 Å². The predicted octanol–water partition coefficient (Wildman–Crippen LogP) is 3.70. The summed E-state index contributed by atoms with van der Waals surface area (Å²) in [5.41, 5.74) is 1.05. The Balaban J connectivity index is 1.56. The molecule has 27 heavy (non-hydrogen) atoms. The van der Waals surface area contributed by atoms with Crippen molar-refractivity contribution >= 4 is 11.8 Å². The van der Waals surface area contributed by atoms with Crippen LogP contribution in [0, 0.1) is 5.92 Å². The van der Waals surface area contributed by atoms with Crippen molar-refractivity contribution in [2.24, 2.45) is 5.92 Å². The van der Waals surface area contributed by atoms with E-state index < -0.39 is 0 Å². The molecule has 0 spiro atoms. The number of carbonyl (C=O) groups excluding carboxylic acids is 2. The van der Waals surface area contributed by atoms with Crippen molar-refractivity contribution < 1.29 is 14.3 Å². The van der Waals surface area contributed by atoms with Crippen LogP contribution in [0.4, 0.5) is 0 Å². The first-order valence-corrected chi connectivity index (χ1v) is 9.41. The zero-order valence-corrected chi connectivity index (χ0v) is 15.9. The molecule has 0 unspecified atom stereocenters. The van der Waals surface area contributed by atoms with Crippen molar-refractivity contribution in [2.75, 3.05) is 20.1 Å². The third-order valence-corrected chi connectivity index (χ3v) is 4.93. The van der Waals surface area contributed by atoms with Gasteiger partial charge in [-0.3, -0.25) is 9.59 Å². The highest BCUT2D eigenvalue weighted by Crippen LogP contribution is 2.23. The van der Waals surface area contributed by atoms with Gasteiger partial charge >= 0.3 is 0 Å². The van der Waals surface area contributed by atoms with Crippen LogP contribution >= 0.6 is 0 Å². The average molecular weight is 366 g/mol. The molecule has 2 aromatic carbocycles. The molecular formula is C22H26N2O3. The summed E-state index contributed by atoms with van der Waals surface area (Å²) >= 11 is 0. The zero-order valence-electron chi connectivity index (χ0n) is 15.9. The molecule has 1 fully saturated rings. The first-order valence-electron chi connectivity index (χ1n) is 9.41. The summed E-state index contributed by atoms with van der Waals surface area (Å²) in [7, 11) is 1.82. The number of rotatable bonds is 6. The predicted molar refractivity (Wildman–Crippen MR) is 104 cm³/mol. The molecular weight excluding hydrogens is 340 g/mol. The van der Waals surface area contributed by atoms with Crippen LogP contribution < -0.4 is 4.74 Å². The Kier molecular flexibility index (Phi) is 6.12. The number of hydrogen-bond donors (Lipinski definition) is 0. The van der Waals surface area contributed by atoms with Gasteiger partial charge in [0.1, 0.15) is 11.5 Å². The fourth-order valence-corrected chi connectivity index (χ4v) is 3.37. The Morgan fingerprint density at radius 2 is 1.78 bits per heavy atom. The fourth-order valence-electron chi connectivity index (χ4n) is 3.37. The van der Waals surface area contributed by atoms with Gasteiger partial charge in [-0.2, -0.15) is 0 Å². The molecule has 0 N–H and O–H groups in total. The van der Waals surface area contributed by atoms with Crippen LogP contribution in [0.1, 0.15) is 25.3 Å². The van der Waals surface area contributed by atoms with Gasteiger partial charge in [0.25, 0.3) is 0 Å². The molecule has 142 valence electrons. The van der Waals surface area contributed by atoms with Gasteiger partial charge in [-0.05, 0) is 43.2 Å². The molecule has 1 saturated heterocycles. The third kappa shape index (κ3) is 4.88. The molecule has 5 nitrogen and oxygen atoms in total. The van der Waals surface area contributed by atoms with Gasteiger partial charge in [0, 0.05) is 33.1 Å². The molecule has 1 atom stereocenters. The minimum Gasteiger partial charge on any atom is -0.457 e. The Labute approximate surface area is 160 Å². The highest BCUT2D eigenvalue weighted by Gasteiger charge is 2.30. The summed E-state index contributed by atoms with van der Waals surface area (Å²) in [6, 6.07) is 17.4. The first kappa shape index (κ1) is 19.0. The summed E-state index contributed by atoms with van der Waals surface area (Å²) in [6.07, 6.45) is 1.10. The molecule has 1 heterocycles. The minimum atomic E-state index is -0.103. The lowest BCUT2D eigenvalue weighted by Crippen LogP contribution is -2.45. The molecule has 0 aliphatic carbocycles. The van der Waals surface area contributed by atoms with Crippen LogP contribution in [0.25, 0.3) is 0 Å². The Hall–Kier alpha value is -2.82. The number of piperidine rings is 1. The second kappa shape index (κ2) is 8.71. The number of benzene rings is 2. The van der Waals surface area contributed by atoms with Crippen molar-refractivity contribution in [3.8, 4) is 11.5 Å². The maximum absolute atomic E-state index is 12.7. The standard InChI is InChI=1S/C22H26N2O3/c1-3-24-16-18(11-14-21(24)25)22(26)23(2)15-17-9-12-20(13-10-17)27-19-7-5-4-6-8-19/h4-10,12-13,18H,3,11,14-16H2,1-2H3/t18-/m0/s1. The second-order valence-corrected chi connectivity index (χ2v) is 6.92. The Bertz CT molecular complexity index is 774. The van der Waals surface area contributed by atoms with Crippen molar-refractivity contribution in [3.05, 3.63) is 60.2 Å². The van der Waals surface area contributed by atoms with Crippen LogP contribution in [0.2, 0.25) is 0 Å². The van der Waals surface area contributed by atoms with E-state index >= 15 is 0 Å². The summed E-state index contributed by atoms with van der Waals surface area (Å²) in [5.74, 6) is 1.71. The van der Waals surface area contributed by atoms with Gasteiger partial charge in [-0.25, -0.2) is 0 Å². The van der Waals surface area contributed by atoms with Crippen LogP contribution in [-0.4, -0.2) is 41.8 Å². The first-order chi connectivity index (χ1) is 13.1. The molecule has 5 heteroatoms. The van der Waals surface area contributed by atoms with E-state index in [0.717, 1.165) is 17.1 Å². The van der Waals surface area contributed by atoms with E-state index in [0.29, 0.717) is 32.5 Å². The highest BCUT2D eigenvalue weighted by molar-refractivity contribution is 5.83. The summed E-state index contributed by atoms with van der Waals surface area (Å²) in [6.45, 7) is 3.69. The number of hydrogen-bond acceptors (Lipinski definition) is 3. The largest absolute Gasteiger partial charge is 0.457 e. The normalized spacial score (nSPS) is 16.9. The fraction of sp³-hybridized carbons (Fsp3) is 0.364. The number of carbonyl (C=O) groups is 2. The molecule has 1 aliphatic heterocycles. The van der Waals surface area contributed by atoms with Gasteiger partial charge in [-0.15, -0.1) is 0 Å². The maximum Gasteiger partial charge on any atom is 0.227 e. The minimum absolute atomic E-state index is 0.102. The second-order valence-electron chi connectivity index (χ2n) is 6.92. The van der Waals surface area contributed by atoms with Gasteiger partial charge in [-0.1, -0.05) is 30.3 Å². The lowest BCUT2D eigenvalue weighted by atomic mass is 9.96. The smallest absolute Gasteiger partial charge is 0.227 e. The molecule has 1 aliphatic rings. The van der Waals surface area contributed by atoms with Crippen molar-refractivity contribution in [1.82, 2.24) is 9.80 Å². The molecule has 2 aromatic rings. The lowest BCUT2D eigenvalue weighted by Gasteiger charge is -2.33. The van der Waals surface area contributed by atoms with E-state index in [9.17, 15) is 9.59 Å². The number of para-hydroxylation sites is 1. The highest BCUT2D eigenvalue weighted by atomic mass is 16.5. The maximum atomic E-state index is 12.7. The molecule has 0 aromatic heterocycles. The number of amides is 2. The van der Waals surface area contributed by atoms with E-state index in [1.165, 1.54) is 0 Å². The number of nitrogens with zero attached hydrogens (tertiary/aromatic N) is 2. The average Bonchev–Trinajstić information content (AvgIpc) is 2.70. The summed E-state index contributed by atoms with van der Waals surface area (Å²) < 4.78 is 5.80. The molecule has 2 amide bonds. The van der Waals surface area contributed by atoms with Crippen LogP contribution in [0.15, 0.2) is 54.6 Å².